The molecule has 76 valence electrons. The highest BCUT2D eigenvalue weighted by Gasteiger charge is 2.15. The van der Waals surface area contributed by atoms with Crippen LogP contribution in [0.1, 0.15) is 35.0 Å². The number of hydrogen-bond acceptors (Lipinski definition) is 3. The summed E-state index contributed by atoms with van der Waals surface area (Å²) in [4.78, 5) is 2.99. The molecule has 0 aliphatic rings. The molecule has 0 saturated heterocycles. The zero-order chi connectivity index (χ0) is 10.7. The second-order valence-corrected chi connectivity index (χ2v) is 3.39. The third-order valence-electron chi connectivity index (χ3n) is 2.52. The lowest BCUT2D eigenvalue weighted by molar-refractivity contribution is 0.275. The lowest BCUT2D eigenvalue weighted by atomic mass is 10.1. The molecule has 4 heteroatoms. The molecule has 1 aromatic heterocycles. The minimum absolute atomic E-state index is 0.0561. The Hall–Kier alpha value is -1.31. The molecule has 1 rings (SSSR count). The molecule has 0 saturated carbocycles. The first-order valence-electron chi connectivity index (χ1n) is 4.57. The standard InChI is InChI=1S/C10H15N3O/c1-6-7(2)10(8(12)3-4-14)13-9(6)5-11/h8,13-14H,3-4,12H2,1-2H3/t8-/m1/s1. The third-order valence-corrected chi connectivity index (χ3v) is 2.52. The summed E-state index contributed by atoms with van der Waals surface area (Å²) in [5.74, 6) is 0. The number of aliphatic hydroxyl groups excluding tert-OH is 1. The van der Waals surface area contributed by atoms with E-state index < -0.39 is 0 Å². The summed E-state index contributed by atoms with van der Waals surface area (Å²) in [5.41, 5.74) is 9.22. The Morgan fingerprint density at radius 3 is 2.57 bits per heavy atom. The highest BCUT2D eigenvalue weighted by atomic mass is 16.3. The normalized spacial score (nSPS) is 12.5. The maximum absolute atomic E-state index is 8.80. The summed E-state index contributed by atoms with van der Waals surface area (Å²) in [6, 6.07) is 1.86. The molecule has 0 aromatic carbocycles. The Bertz CT molecular complexity index is 362. The minimum atomic E-state index is -0.221. The number of H-pyrrole nitrogens is 1. The molecule has 0 aliphatic carbocycles. The number of aliphatic hydroxyl groups is 1. The van der Waals surface area contributed by atoms with Gasteiger partial charge in [0, 0.05) is 18.3 Å². The molecule has 0 amide bonds. The smallest absolute Gasteiger partial charge is 0.121 e. The molecule has 1 atom stereocenters. The lowest BCUT2D eigenvalue weighted by Crippen LogP contribution is -2.13. The average molecular weight is 193 g/mol. The van der Waals surface area contributed by atoms with Crippen LogP contribution < -0.4 is 5.73 Å². The summed E-state index contributed by atoms with van der Waals surface area (Å²) in [7, 11) is 0. The Kier molecular flexibility index (Phi) is 3.28. The van der Waals surface area contributed by atoms with Crippen molar-refractivity contribution in [2.24, 2.45) is 5.73 Å². The number of nitrogens with two attached hydrogens (primary N) is 1. The van der Waals surface area contributed by atoms with Crippen molar-refractivity contribution in [3.05, 3.63) is 22.5 Å². The SMILES string of the molecule is Cc1c(C#N)[nH]c([C@H](N)CCO)c1C. The molecule has 0 spiro atoms. The predicted octanol–water partition coefficient (Wildman–Crippen LogP) is 0.885. The van der Waals surface area contributed by atoms with Crippen LogP contribution in [0.25, 0.3) is 0 Å². The first-order valence-corrected chi connectivity index (χ1v) is 4.57. The third kappa shape index (κ3) is 1.79. The fourth-order valence-electron chi connectivity index (χ4n) is 1.48. The minimum Gasteiger partial charge on any atom is -0.396 e. The Morgan fingerprint density at radius 2 is 2.14 bits per heavy atom. The van der Waals surface area contributed by atoms with Gasteiger partial charge in [0.1, 0.15) is 11.8 Å². The van der Waals surface area contributed by atoms with Crippen LogP contribution in [0.3, 0.4) is 0 Å². The number of nitrogens with zero attached hydrogens (tertiary/aromatic N) is 1. The van der Waals surface area contributed by atoms with Crippen LogP contribution in [0, 0.1) is 25.2 Å². The van der Waals surface area contributed by atoms with Gasteiger partial charge in [-0.15, -0.1) is 0 Å². The highest BCUT2D eigenvalue weighted by molar-refractivity contribution is 5.42. The van der Waals surface area contributed by atoms with Gasteiger partial charge >= 0.3 is 0 Å². The first kappa shape index (κ1) is 10.8. The van der Waals surface area contributed by atoms with Crippen molar-refractivity contribution in [3.63, 3.8) is 0 Å². The summed E-state index contributed by atoms with van der Waals surface area (Å²) in [6.45, 7) is 3.87. The average Bonchev–Trinajstić information content (AvgIpc) is 2.44. The summed E-state index contributed by atoms with van der Waals surface area (Å²) >= 11 is 0. The monoisotopic (exact) mass is 193 g/mol. The van der Waals surface area contributed by atoms with Crippen LogP contribution in [-0.2, 0) is 0 Å². The number of hydrogen-bond donors (Lipinski definition) is 3. The van der Waals surface area contributed by atoms with Gasteiger partial charge in [-0.25, -0.2) is 0 Å². The van der Waals surface area contributed by atoms with E-state index in [1.807, 2.05) is 13.8 Å². The van der Waals surface area contributed by atoms with E-state index in [2.05, 4.69) is 11.1 Å². The molecule has 1 aromatic rings. The van der Waals surface area contributed by atoms with Crippen molar-refractivity contribution in [2.75, 3.05) is 6.61 Å². The van der Waals surface area contributed by atoms with Crippen molar-refractivity contribution in [2.45, 2.75) is 26.3 Å². The Morgan fingerprint density at radius 1 is 1.50 bits per heavy atom. The molecule has 4 nitrogen and oxygen atoms in total. The van der Waals surface area contributed by atoms with Gasteiger partial charge < -0.3 is 15.8 Å². The molecule has 0 radical (unpaired) electrons. The Balaban J connectivity index is 3.05. The van der Waals surface area contributed by atoms with Crippen molar-refractivity contribution >= 4 is 0 Å². The fraction of sp³-hybridized carbons (Fsp3) is 0.500. The van der Waals surface area contributed by atoms with Crippen LogP contribution in [0.5, 0.6) is 0 Å². The van der Waals surface area contributed by atoms with E-state index in [9.17, 15) is 0 Å². The highest BCUT2D eigenvalue weighted by Crippen LogP contribution is 2.22. The maximum Gasteiger partial charge on any atom is 0.121 e. The van der Waals surface area contributed by atoms with Gasteiger partial charge in [0.2, 0.25) is 0 Å². The number of nitriles is 1. The molecule has 1 heterocycles. The van der Waals surface area contributed by atoms with E-state index >= 15 is 0 Å². The summed E-state index contributed by atoms with van der Waals surface area (Å²) < 4.78 is 0. The van der Waals surface area contributed by atoms with Gasteiger partial charge in [-0.05, 0) is 31.4 Å². The summed E-state index contributed by atoms with van der Waals surface area (Å²) in [6.07, 6.45) is 0.506. The first-order chi connectivity index (χ1) is 6.61. The van der Waals surface area contributed by atoms with Crippen LogP contribution in [0.2, 0.25) is 0 Å². The van der Waals surface area contributed by atoms with E-state index in [-0.39, 0.29) is 12.6 Å². The molecule has 0 aliphatic heterocycles. The van der Waals surface area contributed by atoms with Gasteiger partial charge in [-0.3, -0.25) is 0 Å². The van der Waals surface area contributed by atoms with E-state index in [4.69, 9.17) is 16.1 Å². The largest absolute Gasteiger partial charge is 0.396 e. The molecule has 0 unspecified atom stereocenters. The lowest BCUT2D eigenvalue weighted by Gasteiger charge is -2.09. The van der Waals surface area contributed by atoms with E-state index in [1.54, 1.807) is 0 Å². The molecular formula is C10H15N3O. The van der Waals surface area contributed by atoms with Crippen LogP contribution in [0.15, 0.2) is 0 Å². The quantitative estimate of drug-likeness (QED) is 0.666. The van der Waals surface area contributed by atoms with Crippen LogP contribution in [0.4, 0.5) is 0 Å². The van der Waals surface area contributed by atoms with Gasteiger partial charge in [0.05, 0.1) is 0 Å². The maximum atomic E-state index is 8.80. The number of rotatable bonds is 3. The van der Waals surface area contributed by atoms with Gasteiger partial charge in [0.15, 0.2) is 0 Å². The molecule has 0 fully saturated rings. The van der Waals surface area contributed by atoms with Crippen LogP contribution in [-0.4, -0.2) is 16.7 Å². The molecule has 0 bridgehead atoms. The van der Waals surface area contributed by atoms with Crippen molar-refractivity contribution in [3.8, 4) is 6.07 Å². The number of aromatic amines is 1. The van der Waals surface area contributed by atoms with Crippen molar-refractivity contribution in [1.82, 2.24) is 4.98 Å². The predicted molar refractivity (Wildman–Crippen MR) is 53.6 cm³/mol. The zero-order valence-electron chi connectivity index (χ0n) is 8.46. The van der Waals surface area contributed by atoms with E-state index in [0.29, 0.717) is 12.1 Å². The fourth-order valence-corrected chi connectivity index (χ4v) is 1.48. The van der Waals surface area contributed by atoms with Gasteiger partial charge in [-0.2, -0.15) is 5.26 Å². The number of nitrogens with one attached hydrogen (secondary N) is 1. The second-order valence-electron chi connectivity index (χ2n) is 3.39. The van der Waals surface area contributed by atoms with Gasteiger partial charge in [0.25, 0.3) is 0 Å². The van der Waals surface area contributed by atoms with Gasteiger partial charge in [-0.1, -0.05) is 0 Å². The second kappa shape index (κ2) is 4.27. The molecule has 4 N–H and O–H groups in total. The van der Waals surface area contributed by atoms with E-state index in [1.165, 1.54) is 0 Å². The zero-order valence-corrected chi connectivity index (χ0v) is 8.46. The topological polar surface area (TPSA) is 85.8 Å². The molecular weight excluding hydrogens is 178 g/mol. The van der Waals surface area contributed by atoms with Crippen LogP contribution >= 0.6 is 0 Å². The van der Waals surface area contributed by atoms with Crippen molar-refractivity contribution in [1.29, 1.82) is 5.26 Å². The Labute approximate surface area is 83.4 Å². The van der Waals surface area contributed by atoms with E-state index in [0.717, 1.165) is 16.8 Å². The molecule has 14 heavy (non-hydrogen) atoms. The van der Waals surface area contributed by atoms with Crippen molar-refractivity contribution < 1.29 is 5.11 Å². The number of aromatic nitrogens is 1. The summed E-state index contributed by atoms with van der Waals surface area (Å²) in [5, 5.41) is 17.6.